The molecule has 1 unspecified atom stereocenters. The van der Waals surface area contributed by atoms with Crippen molar-refractivity contribution in [1.29, 1.82) is 0 Å². The molecule has 0 radical (unpaired) electrons. The molecule has 1 N–H and O–H groups in total. The number of ether oxygens (including phenoxy) is 1. The second-order valence-electron chi connectivity index (χ2n) is 11.8. The Balaban J connectivity index is 1.28. The minimum Gasteiger partial charge on any atom is -0.381 e. The zero-order chi connectivity index (χ0) is 28.2. The number of aryl methyl sites for hydroxylation is 1. The normalized spacial score (nSPS) is 23.8. The Morgan fingerprint density at radius 1 is 1.15 bits per heavy atom. The van der Waals surface area contributed by atoms with Gasteiger partial charge in [0.2, 0.25) is 0 Å². The predicted octanol–water partition coefficient (Wildman–Crippen LogP) is 5.34. The Morgan fingerprint density at radius 3 is 2.68 bits per heavy atom. The molecule has 4 aliphatic heterocycles. The maximum Gasteiger partial charge on any atom is 0.317 e. The van der Waals surface area contributed by atoms with Crippen molar-refractivity contribution in [2.45, 2.75) is 69.5 Å². The highest BCUT2D eigenvalue weighted by atomic mass is 32.1. The summed E-state index contributed by atoms with van der Waals surface area (Å²) in [5.41, 5.74) is 5.17. The lowest BCUT2D eigenvalue weighted by molar-refractivity contribution is -0.0511. The van der Waals surface area contributed by atoms with Crippen LogP contribution in [0.5, 0.6) is 0 Å². The van der Waals surface area contributed by atoms with Crippen molar-refractivity contribution in [3.63, 3.8) is 0 Å². The minimum absolute atomic E-state index is 0.0772. The first-order valence-corrected chi connectivity index (χ1v) is 15.7. The number of rotatable bonds is 5. The molecule has 1 atom stereocenters. The van der Waals surface area contributed by atoms with Crippen molar-refractivity contribution in [2.75, 3.05) is 51.8 Å². The fourth-order valence-corrected chi connectivity index (χ4v) is 8.31. The van der Waals surface area contributed by atoms with Gasteiger partial charge in [-0.2, -0.15) is 5.01 Å². The number of hydrogen-bond acceptors (Lipinski definition) is 7. The summed E-state index contributed by atoms with van der Waals surface area (Å²) in [5.74, 6) is 0.501. The number of nitrogens with zero attached hydrogens (tertiary/aromatic N) is 5. The van der Waals surface area contributed by atoms with E-state index in [4.69, 9.17) is 4.74 Å². The maximum atomic E-state index is 14.7. The van der Waals surface area contributed by atoms with E-state index < -0.39 is 6.43 Å². The molecule has 11 heteroatoms. The zero-order valence-electron chi connectivity index (χ0n) is 23.7. The lowest BCUT2D eigenvalue weighted by Gasteiger charge is -2.45. The summed E-state index contributed by atoms with van der Waals surface area (Å²) in [7, 11) is 3.79. The molecule has 7 rings (SSSR count). The Hall–Kier alpha value is -2.76. The third kappa shape index (κ3) is 4.79. The Bertz CT molecular complexity index is 1350. The highest BCUT2D eigenvalue weighted by Crippen LogP contribution is 2.47. The number of alkyl halides is 2. The number of hydrazine groups is 1. The first kappa shape index (κ1) is 27.1. The molecule has 220 valence electrons. The van der Waals surface area contributed by atoms with Crippen molar-refractivity contribution in [2.24, 2.45) is 0 Å². The largest absolute Gasteiger partial charge is 0.381 e. The van der Waals surface area contributed by atoms with E-state index in [0.29, 0.717) is 30.6 Å². The van der Waals surface area contributed by atoms with Gasteiger partial charge >= 0.3 is 6.03 Å². The monoisotopic (exact) mass is 584 g/mol. The summed E-state index contributed by atoms with van der Waals surface area (Å²) in [6, 6.07) is 3.99. The van der Waals surface area contributed by atoms with Crippen LogP contribution in [0.3, 0.4) is 0 Å². The van der Waals surface area contributed by atoms with Gasteiger partial charge in [-0.3, -0.25) is 0 Å². The van der Waals surface area contributed by atoms with Crippen LogP contribution < -0.4 is 10.2 Å². The number of aromatic nitrogens is 1. The molecule has 1 aliphatic carbocycles. The van der Waals surface area contributed by atoms with E-state index in [1.807, 2.05) is 11.0 Å². The van der Waals surface area contributed by atoms with Crippen molar-refractivity contribution in [3.05, 3.63) is 45.7 Å². The standard InChI is InChI=1S/C30H38F2N6O2S/c1-33-30(39)36-11-7-24-23(17-36)29(35(2)38(24)20-8-12-40-13-9-20)37-10-3-4-19-14-21(22(27(31)32)15-25(19)37)26-16-34-28(41-26)18-5-6-18/h14-16,18,20,27,29H,3-13,17H2,1-2H3,(H,33,39). The van der Waals surface area contributed by atoms with E-state index in [2.05, 4.69) is 32.3 Å². The molecule has 2 amide bonds. The summed E-state index contributed by atoms with van der Waals surface area (Å²) < 4.78 is 35.0. The number of carbonyl (C=O) groups excluding carboxylic acids is 1. The third-order valence-electron chi connectivity index (χ3n) is 9.32. The maximum absolute atomic E-state index is 14.7. The van der Waals surface area contributed by atoms with Gasteiger partial charge in [-0.05, 0) is 56.2 Å². The highest BCUT2D eigenvalue weighted by Gasteiger charge is 2.46. The molecule has 2 fully saturated rings. The first-order chi connectivity index (χ1) is 19.9. The summed E-state index contributed by atoms with van der Waals surface area (Å²) in [5, 5.41) is 8.60. The SMILES string of the molecule is CNC(=O)N1CCC2=C(C1)C(N1CCCc3cc(-c4cnc(C5CC5)s4)c(C(F)F)cc31)N(C)N2C1CCOCC1. The van der Waals surface area contributed by atoms with E-state index in [0.717, 1.165) is 85.8 Å². The van der Waals surface area contributed by atoms with Gasteiger partial charge in [-0.1, -0.05) is 0 Å². The molecule has 41 heavy (non-hydrogen) atoms. The number of urea groups is 1. The molecule has 1 saturated carbocycles. The summed E-state index contributed by atoms with van der Waals surface area (Å²) >= 11 is 1.57. The zero-order valence-corrected chi connectivity index (χ0v) is 24.6. The van der Waals surface area contributed by atoms with Crippen molar-refractivity contribution < 1.29 is 18.3 Å². The van der Waals surface area contributed by atoms with Crippen LogP contribution in [0.4, 0.5) is 19.3 Å². The van der Waals surface area contributed by atoms with Crippen LogP contribution >= 0.6 is 11.3 Å². The quantitative estimate of drug-likeness (QED) is 0.512. The van der Waals surface area contributed by atoms with Crippen LogP contribution in [-0.4, -0.2) is 85.1 Å². The number of carbonyl (C=O) groups is 1. The topological polar surface area (TPSA) is 64.2 Å². The minimum atomic E-state index is -2.58. The number of amides is 2. The van der Waals surface area contributed by atoms with Gasteiger partial charge in [-0.25, -0.2) is 18.6 Å². The van der Waals surface area contributed by atoms with E-state index >= 15 is 0 Å². The fraction of sp³-hybridized carbons (Fsp3) is 0.600. The molecule has 1 aromatic carbocycles. The van der Waals surface area contributed by atoms with Crippen LogP contribution in [0.25, 0.3) is 10.4 Å². The molecule has 1 saturated heterocycles. The average molecular weight is 585 g/mol. The molecule has 5 aliphatic rings. The van der Waals surface area contributed by atoms with E-state index in [9.17, 15) is 13.6 Å². The number of thiazole rings is 1. The van der Waals surface area contributed by atoms with Crippen molar-refractivity contribution in [1.82, 2.24) is 25.2 Å². The molecular formula is C30H38F2N6O2S. The van der Waals surface area contributed by atoms with Gasteiger partial charge in [0.05, 0.1) is 9.88 Å². The molecule has 0 bridgehead atoms. The van der Waals surface area contributed by atoms with Crippen LogP contribution in [-0.2, 0) is 11.2 Å². The van der Waals surface area contributed by atoms with Gasteiger partial charge in [0, 0.05) is 99.6 Å². The van der Waals surface area contributed by atoms with Crippen LogP contribution in [0.1, 0.15) is 67.0 Å². The van der Waals surface area contributed by atoms with E-state index in [1.165, 1.54) is 11.3 Å². The lowest BCUT2D eigenvalue weighted by atomic mass is 9.93. The van der Waals surface area contributed by atoms with Gasteiger partial charge < -0.3 is 24.9 Å². The van der Waals surface area contributed by atoms with Gasteiger partial charge in [0.1, 0.15) is 6.17 Å². The second-order valence-corrected chi connectivity index (χ2v) is 12.9. The smallest absolute Gasteiger partial charge is 0.317 e. The van der Waals surface area contributed by atoms with E-state index in [1.54, 1.807) is 30.6 Å². The number of likely N-dealkylation sites (N-methyl/N-ethyl adjacent to an activating group) is 1. The van der Waals surface area contributed by atoms with Crippen LogP contribution in [0, 0.1) is 0 Å². The van der Waals surface area contributed by atoms with Gasteiger partial charge in [-0.15, -0.1) is 11.3 Å². The predicted molar refractivity (Wildman–Crippen MR) is 155 cm³/mol. The molecule has 8 nitrogen and oxygen atoms in total. The number of halogens is 2. The summed E-state index contributed by atoms with van der Waals surface area (Å²) in [6.45, 7) is 3.43. The summed E-state index contributed by atoms with van der Waals surface area (Å²) in [6.07, 6.45) is 5.81. The van der Waals surface area contributed by atoms with Crippen molar-refractivity contribution >= 4 is 23.1 Å². The fourth-order valence-electron chi connectivity index (χ4n) is 7.19. The molecular weight excluding hydrogens is 546 g/mol. The molecule has 2 aromatic rings. The Labute approximate surface area is 243 Å². The number of fused-ring (bicyclic) bond motifs is 1. The number of hydrogen-bond donors (Lipinski definition) is 1. The Morgan fingerprint density at radius 2 is 1.95 bits per heavy atom. The number of benzene rings is 1. The molecule has 1 aromatic heterocycles. The third-order valence-corrected chi connectivity index (χ3v) is 10.5. The molecule has 0 spiro atoms. The van der Waals surface area contributed by atoms with E-state index in [-0.39, 0.29) is 17.8 Å². The first-order valence-electron chi connectivity index (χ1n) is 14.9. The van der Waals surface area contributed by atoms with Gasteiger partial charge in [0.15, 0.2) is 0 Å². The van der Waals surface area contributed by atoms with Gasteiger partial charge in [0.25, 0.3) is 6.43 Å². The number of anilines is 1. The number of nitrogens with one attached hydrogen (secondary N) is 1. The lowest BCUT2D eigenvalue weighted by Crippen LogP contribution is -2.54. The van der Waals surface area contributed by atoms with Crippen LogP contribution in [0.15, 0.2) is 29.6 Å². The highest BCUT2D eigenvalue weighted by molar-refractivity contribution is 7.15. The second kappa shape index (κ2) is 10.8. The Kier molecular flexibility index (Phi) is 7.15. The van der Waals surface area contributed by atoms with Crippen LogP contribution in [0.2, 0.25) is 0 Å². The molecule has 5 heterocycles. The summed E-state index contributed by atoms with van der Waals surface area (Å²) in [4.78, 5) is 22.3. The van der Waals surface area contributed by atoms with Crippen molar-refractivity contribution in [3.8, 4) is 10.4 Å². The average Bonchev–Trinajstić information content (AvgIpc) is 3.65.